The molecule has 0 aromatic heterocycles. The first-order valence-corrected chi connectivity index (χ1v) is 6.28. The molecule has 0 saturated heterocycles. The van der Waals surface area contributed by atoms with Crippen molar-refractivity contribution in [2.24, 2.45) is 0 Å². The summed E-state index contributed by atoms with van der Waals surface area (Å²) in [4.78, 5) is 11.5. The van der Waals surface area contributed by atoms with Crippen LogP contribution in [0.4, 0.5) is 0 Å². The predicted molar refractivity (Wildman–Crippen MR) is 66.6 cm³/mol. The van der Waals surface area contributed by atoms with Crippen molar-refractivity contribution in [1.82, 2.24) is 0 Å². The Morgan fingerprint density at radius 1 is 1.61 bits per heavy atom. The second-order valence-corrected chi connectivity index (χ2v) is 4.59. The summed E-state index contributed by atoms with van der Waals surface area (Å²) in [6, 6.07) is 1.60. The van der Waals surface area contributed by atoms with Gasteiger partial charge in [0.05, 0.1) is 11.1 Å². The van der Waals surface area contributed by atoms with E-state index in [0.717, 1.165) is 5.56 Å². The van der Waals surface area contributed by atoms with Crippen LogP contribution in [0.25, 0.3) is 0 Å². The molecule has 98 valence electrons. The molecule has 1 aromatic carbocycles. The average Bonchev–Trinajstić information content (AvgIpc) is 2.81. The van der Waals surface area contributed by atoms with Crippen molar-refractivity contribution < 1.29 is 24.1 Å². The van der Waals surface area contributed by atoms with Gasteiger partial charge in [-0.15, -0.1) is 0 Å². The predicted octanol–water partition coefficient (Wildman–Crippen LogP) is 2.08. The summed E-state index contributed by atoms with van der Waals surface area (Å²) >= 11 is 3.37. The third-order valence-electron chi connectivity index (χ3n) is 2.69. The number of carbonyl (C=O) groups excluding carboxylic acids is 1. The van der Waals surface area contributed by atoms with Crippen molar-refractivity contribution in [2.75, 3.05) is 13.4 Å². The molecule has 1 aliphatic heterocycles. The van der Waals surface area contributed by atoms with Gasteiger partial charge in [0.15, 0.2) is 17.6 Å². The van der Waals surface area contributed by atoms with Crippen molar-refractivity contribution in [3.63, 3.8) is 0 Å². The fourth-order valence-electron chi connectivity index (χ4n) is 1.75. The number of aliphatic hydroxyl groups is 1. The lowest BCUT2D eigenvalue weighted by molar-refractivity contribution is -0.153. The Balaban J connectivity index is 2.40. The Kier molecular flexibility index (Phi) is 3.77. The largest absolute Gasteiger partial charge is 0.464 e. The van der Waals surface area contributed by atoms with Crippen LogP contribution in [-0.4, -0.2) is 24.5 Å². The highest BCUT2D eigenvalue weighted by atomic mass is 79.9. The number of hydrogen-bond donors (Lipinski definition) is 1. The van der Waals surface area contributed by atoms with E-state index in [1.54, 1.807) is 19.9 Å². The molecule has 5 nitrogen and oxygen atoms in total. The summed E-state index contributed by atoms with van der Waals surface area (Å²) in [5.74, 6) is 0.421. The lowest BCUT2D eigenvalue weighted by Crippen LogP contribution is -2.16. The zero-order valence-corrected chi connectivity index (χ0v) is 11.6. The minimum absolute atomic E-state index is 0.131. The van der Waals surface area contributed by atoms with Crippen molar-refractivity contribution in [1.29, 1.82) is 0 Å². The molecule has 1 heterocycles. The maximum absolute atomic E-state index is 11.5. The maximum Gasteiger partial charge on any atom is 0.339 e. The quantitative estimate of drug-likeness (QED) is 0.865. The van der Waals surface area contributed by atoms with E-state index in [0.29, 0.717) is 21.5 Å². The van der Waals surface area contributed by atoms with E-state index in [9.17, 15) is 9.90 Å². The molecule has 1 atom stereocenters. The number of ether oxygens (including phenoxy) is 3. The summed E-state index contributed by atoms with van der Waals surface area (Å²) < 4.78 is 16.0. The molecular formula is C12H13BrO5. The van der Waals surface area contributed by atoms with Gasteiger partial charge in [0.25, 0.3) is 0 Å². The van der Waals surface area contributed by atoms with Gasteiger partial charge in [-0.3, -0.25) is 0 Å². The second kappa shape index (κ2) is 5.16. The average molecular weight is 317 g/mol. The number of rotatable bonds is 3. The van der Waals surface area contributed by atoms with Crippen LogP contribution in [0.2, 0.25) is 0 Å². The van der Waals surface area contributed by atoms with Crippen molar-refractivity contribution >= 4 is 21.9 Å². The van der Waals surface area contributed by atoms with E-state index >= 15 is 0 Å². The number of benzene rings is 1. The van der Waals surface area contributed by atoms with Gasteiger partial charge in [-0.2, -0.15) is 0 Å². The monoisotopic (exact) mass is 316 g/mol. The number of esters is 1. The number of fused-ring (bicyclic) bond motifs is 1. The van der Waals surface area contributed by atoms with E-state index in [-0.39, 0.29) is 13.4 Å². The van der Waals surface area contributed by atoms with Crippen molar-refractivity contribution in [3.05, 3.63) is 21.7 Å². The molecule has 1 N–H and O–H groups in total. The molecule has 1 aromatic rings. The highest BCUT2D eigenvalue weighted by molar-refractivity contribution is 9.10. The number of halogens is 1. The van der Waals surface area contributed by atoms with Crippen LogP contribution in [0.15, 0.2) is 10.5 Å². The molecule has 0 spiro atoms. The summed E-state index contributed by atoms with van der Waals surface area (Å²) in [5.41, 5.74) is 1.17. The molecule has 0 fully saturated rings. The maximum atomic E-state index is 11.5. The Morgan fingerprint density at radius 2 is 2.33 bits per heavy atom. The molecule has 0 aliphatic carbocycles. The van der Waals surface area contributed by atoms with Gasteiger partial charge in [0.2, 0.25) is 6.79 Å². The van der Waals surface area contributed by atoms with E-state index < -0.39 is 12.1 Å². The van der Waals surface area contributed by atoms with Gasteiger partial charge in [0, 0.05) is 0 Å². The van der Waals surface area contributed by atoms with E-state index in [2.05, 4.69) is 15.9 Å². The minimum Gasteiger partial charge on any atom is -0.464 e. The lowest BCUT2D eigenvalue weighted by Gasteiger charge is -2.15. The Bertz CT molecular complexity index is 486. The summed E-state index contributed by atoms with van der Waals surface area (Å²) in [5, 5.41) is 9.96. The van der Waals surface area contributed by atoms with Gasteiger partial charge in [-0.05, 0) is 47.0 Å². The molecular weight excluding hydrogens is 304 g/mol. The van der Waals surface area contributed by atoms with Crippen LogP contribution in [0, 0.1) is 6.92 Å². The number of carbonyl (C=O) groups is 1. The summed E-state index contributed by atoms with van der Waals surface area (Å²) in [6.45, 7) is 3.82. The highest BCUT2D eigenvalue weighted by Crippen LogP contribution is 2.44. The van der Waals surface area contributed by atoms with Gasteiger partial charge in [0.1, 0.15) is 0 Å². The normalized spacial score (nSPS) is 14.4. The summed E-state index contributed by atoms with van der Waals surface area (Å²) in [6.07, 6.45) is -1.32. The molecule has 6 heteroatoms. The van der Waals surface area contributed by atoms with Gasteiger partial charge in [-0.25, -0.2) is 4.79 Å². The van der Waals surface area contributed by atoms with Crippen LogP contribution >= 0.6 is 15.9 Å². The van der Waals surface area contributed by atoms with E-state index in [4.69, 9.17) is 14.2 Å². The lowest BCUT2D eigenvalue weighted by atomic mass is 10.0. The van der Waals surface area contributed by atoms with Gasteiger partial charge < -0.3 is 19.3 Å². The van der Waals surface area contributed by atoms with Crippen molar-refractivity contribution in [3.8, 4) is 11.5 Å². The third kappa shape index (κ3) is 2.18. The minimum atomic E-state index is -1.32. The highest BCUT2D eigenvalue weighted by Gasteiger charge is 2.27. The molecule has 2 rings (SSSR count). The van der Waals surface area contributed by atoms with Crippen LogP contribution in [0.5, 0.6) is 11.5 Å². The molecule has 1 unspecified atom stereocenters. The van der Waals surface area contributed by atoms with Crippen molar-refractivity contribution in [2.45, 2.75) is 20.0 Å². The first kappa shape index (κ1) is 13.2. The third-order valence-corrected chi connectivity index (χ3v) is 3.65. The fourth-order valence-corrected chi connectivity index (χ4v) is 2.28. The zero-order chi connectivity index (χ0) is 13.3. The van der Waals surface area contributed by atoms with E-state index in [1.807, 2.05) is 0 Å². The van der Waals surface area contributed by atoms with E-state index in [1.165, 1.54) is 0 Å². The molecule has 0 saturated carbocycles. The molecule has 0 bridgehead atoms. The molecule has 1 aliphatic rings. The molecule has 18 heavy (non-hydrogen) atoms. The van der Waals surface area contributed by atoms with Crippen LogP contribution in [0.1, 0.15) is 24.2 Å². The first-order valence-electron chi connectivity index (χ1n) is 5.49. The molecule has 0 radical (unpaired) electrons. The molecule has 0 amide bonds. The Labute approximate surface area is 113 Å². The number of hydrogen-bond acceptors (Lipinski definition) is 5. The van der Waals surface area contributed by atoms with Gasteiger partial charge in [-0.1, -0.05) is 0 Å². The second-order valence-electron chi connectivity index (χ2n) is 3.79. The Hall–Kier alpha value is -1.27. The Morgan fingerprint density at radius 3 is 3.00 bits per heavy atom. The van der Waals surface area contributed by atoms with Crippen LogP contribution < -0.4 is 9.47 Å². The smallest absolute Gasteiger partial charge is 0.339 e. The van der Waals surface area contributed by atoms with Crippen LogP contribution in [-0.2, 0) is 9.53 Å². The standard InChI is InChI=1S/C12H13BrO5/c1-3-16-12(15)10(14)7-4-8-11(18-5-17-8)9(13)6(7)2/h4,10,14H,3,5H2,1-2H3. The van der Waals surface area contributed by atoms with Gasteiger partial charge >= 0.3 is 5.97 Å². The topological polar surface area (TPSA) is 65.0 Å². The fraction of sp³-hybridized carbons (Fsp3) is 0.417. The first-order chi connectivity index (χ1) is 8.56. The SMILES string of the molecule is CCOC(=O)C(O)c1cc2c(c(Br)c1C)OCO2. The van der Waals surface area contributed by atoms with Crippen LogP contribution in [0.3, 0.4) is 0 Å². The summed E-state index contributed by atoms with van der Waals surface area (Å²) in [7, 11) is 0. The zero-order valence-electron chi connectivity index (χ0n) is 10.0. The number of aliphatic hydroxyl groups excluding tert-OH is 1.